The van der Waals surface area contributed by atoms with E-state index in [1.54, 1.807) is 37.3 Å². The minimum atomic E-state index is -0.406. The number of rotatable bonds is 11. The first kappa shape index (κ1) is 21.9. The number of nitrogen functional groups attached to an aromatic ring is 1. The molecule has 0 bridgehead atoms. The smallest absolute Gasteiger partial charge is 0.307 e. The molecule has 2 amide bonds. The Morgan fingerprint density at radius 3 is 2.41 bits per heavy atom. The Kier molecular flexibility index (Phi) is 9.28. The molecule has 0 spiro atoms. The van der Waals surface area contributed by atoms with Crippen LogP contribution >= 0.6 is 0 Å². The van der Waals surface area contributed by atoms with Crippen LogP contribution in [0.1, 0.15) is 38.2 Å². The van der Waals surface area contributed by atoms with Crippen LogP contribution in [-0.2, 0) is 19.1 Å². The van der Waals surface area contributed by atoms with E-state index in [9.17, 15) is 14.4 Å². The molecule has 0 fully saturated rings. The molecule has 1 aromatic carbocycles. The summed E-state index contributed by atoms with van der Waals surface area (Å²) in [7, 11) is 0. The average Bonchev–Trinajstić information content (AvgIpc) is 2.61. The fourth-order valence-electron chi connectivity index (χ4n) is 2.30. The standard InChI is InChI=1S/C19H26N4O4/c1-3-5-15(12-18(26)27-4-2)23-17(25)11-10-16(24)22-14-8-6-13(7-9-14)19(20)21/h3,6-9,15H,1,4-5,10-12H2,2H3,(H3,20,21)(H,22,24)(H,23,25). The number of amides is 2. The topological polar surface area (TPSA) is 134 Å². The largest absolute Gasteiger partial charge is 0.466 e. The van der Waals surface area contributed by atoms with E-state index in [-0.39, 0.29) is 43.5 Å². The van der Waals surface area contributed by atoms with Crippen LogP contribution in [0.25, 0.3) is 0 Å². The minimum absolute atomic E-state index is 0.000505. The van der Waals surface area contributed by atoms with Crippen molar-refractivity contribution < 1.29 is 19.1 Å². The van der Waals surface area contributed by atoms with Crippen molar-refractivity contribution >= 4 is 29.3 Å². The highest BCUT2D eigenvalue weighted by Crippen LogP contribution is 2.10. The molecule has 1 atom stereocenters. The van der Waals surface area contributed by atoms with Crippen LogP contribution in [0, 0.1) is 5.41 Å². The molecule has 1 aromatic rings. The van der Waals surface area contributed by atoms with Gasteiger partial charge in [0.05, 0.1) is 13.0 Å². The molecule has 0 aliphatic rings. The van der Waals surface area contributed by atoms with E-state index in [4.69, 9.17) is 15.9 Å². The van der Waals surface area contributed by atoms with E-state index in [0.29, 0.717) is 17.7 Å². The van der Waals surface area contributed by atoms with Gasteiger partial charge in [0.2, 0.25) is 11.8 Å². The summed E-state index contributed by atoms with van der Waals surface area (Å²) < 4.78 is 4.88. The van der Waals surface area contributed by atoms with Gasteiger partial charge in [-0.3, -0.25) is 19.8 Å². The second-order valence-electron chi connectivity index (χ2n) is 5.84. The van der Waals surface area contributed by atoms with Gasteiger partial charge in [0.1, 0.15) is 5.84 Å². The Bertz CT molecular complexity index is 685. The van der Waals surface area contributed by atoms with E-state index in [0.717, 1.165) is 0 Å². The first-order valence-electron chi connectivity index (χ1n) is 8.65. The summed E-state index contributed by atoms with van der Waals surface area (Å²) >= 11 is 0. The number of anilines is 1. The summed E-state index contributed by atoms with van der Waals surface area (Å²) in [5, 5.41) is 12.7. The van der Waals surface area contributed by atoms with Gasteiger partial charge in [0.15, 0.2) is 0 Å². The first-order valence-corrected chi connectivity index (χ1v) is 8.65. The van der Waals surface area contributed by atoms with Gasteiger partial charge in [-0.2, -0.15) is 0 Å². The van der Waals surface area contributed by atoms with E-state index >= 15 is 0 Å². The van der Waals surface area contributed by atoms with E-state index < -0.39 is 12.0 Å². The van der Waals surface area contributed by atoms with Gasteiger partial charge in [0.25, 0.3) is 0 Å². The molecule has 146 valence electrons. The Morgan fingerprint density at radius 2 is 1.85 bits per heavy atom. The number of amidine groups is 1. The van der Waals surface area contributed by atoms with Crippen molar-refractivity contribution in [2.24, 2.45) is 5.73 Å². The van der Waals surface area contributed by atoms with E-state index in [2.05, 4.69) is 17.2 Å². The van der Waals surface area contributed by atoms with Crippen molar-refractivity contribution in [3.63, 3.8) is 0 Å². The molecule has 0 heterocycles. The molecule has 1 rings (SSSR count). The molecule has 0 saturated carbocycles. The fourth-order valence-corrected chi connectivity index (χ4v) is 2.30. The number of carbonyl (C=O) groups is 3. The number of ether oxygens (including phenoxy) is 1. The fraction of sp³-hybridized carbons (Fsp3) is 0.368. The van der Waals surface area contributed by atoms with Gasteiger partial charge in [-0.25, -0.2) is 0 Å². The highest BCUT2D eigenvalue weighted by Gasteiger charge is 2.16. The average molecular weight is 374 g/mol. The maximum absolute atomic E-state index is 12.0. The minimum Gasteiger partial charge on any atom is -0.466 e. The normalized spacial score (nSPS) is 11.1. The Balaban J connectivity index is 2.44. The zero-order valence-electron chi connectivity index (χ0n) is 15.4. The number of nitrogens with one attached hydrogen (secondary N) is 3. The monoisotopic (exact) mass is 374 g/mol. The van der Waals surface area contributed by atoms with Gasteiger partial charge in [0, 0.05) is 30.1 Å². The van der Waals surface area contributed by atoms with Crippen molar-refractivity contribution in [2.75, 3.05) is 11.9 Å². The number of hydrogen-bond donors (Lipinski definition) is 4. The number of hydrogen-bond acceptors (Lipinski definition) is 5. The van der Waals surface area contributed by atoms with Gasteiger partial charge in [-0.05, 0) is 37.6 Å². The number of benzene rings is 1. The third kappa shape index (κ3) is 8.66. The molecule has 0 aromatic heterocycles. The van der Waals surface area contributed by atoms with Crippen LogP contribution in [0.15, 0.2) is 36.9 Å². The van der Waals surface area contributed by atoms with Crippen LogP contribution in [0.2, 0.25) is 0 Å². The van der Waals surface area contributed by atoms with Crippen molar-refractivity contribution in [1.29, 1.82) is 5.41 Å². The summed E-state index contributed by atoms with van der Waals surface area (Å²) in [4.78, 5) is 35.5. The Labute approximate surface area is 158 Å². The third-order valence-electron chi connectivity index (χ3n) is 3.59. The molecule has 5 N–H and O–H groups in total. The van der Waals surface area contributed by atoms with Crippen molar-refractivity contribution in [2.45, 2.75) is 38.6 Å². The van der Waals surface area contributed by atoms with Crippen LogP contribution in [0.5, 0.6) is 0 Å². The molecule has 0 aliphatic heterocycles. The molecule has 1 unspecified atom stereocenters. The van der Waals surface area contributed by atoms with Gasteiger partial charge < -0.3 is 21.1 Å². The number of carbonyl (C=O) groups excluding carboxylic acids is 3. The van der Waals surface area contributed by atoms with Gasteiger partial charge >= 0.3 is 5.97 Å². The lowest BCUT2D eigenvalue weighted by Crippen LogP contribution is -2.36. The van der Waals surface area contributed by atoms with E-state index in [1.807, 2.05) is 0 Å². The molecule has 0 saturated heterocycles. The molecule has 8 nitrogen and oxygen atoms in total. The summed E-state index contributed by atoms with van der Waals surface area (Å²) in [6.07, 6.45) is 2.09. The van der Waals surface area contributed by atoms with Crippen molar-refractivity contribution in [3.05, 3.63) is 42.5 Å². The first-order chi connectivity index (χ1) is 12.8. The summed E-state index contributed by atoms with van der Waals surface area (Å²) in [5.74, 6) is -1.09. The van der Waals surface area contributed by atoms with Crippen LogP contribution in [0.3, 0.4) is 0 Å². The summed E-state index contributed by atoms with van der Waals surface area (Å²) in [5.41, 5.74) is 6.48. The zero-order valence-corrected chi connectivity index (χ0v) is 15.4. The summed E-state index contributed by atoms with van der Waals surface area (Å²) in [6, 6.07) is 6.11. The summed E-state index contributed by atoms with van der Waals surface area (Å²) in [6.45, 7) is 5.60. The van der Waals surface area contributed by atoms with Crippen molar-refractivity contribution in [3.8, 4) is 0 Å². The predicted molar refractivity (Wildman–Crippen MR) is 103 cm³/mol. The SMILES string of the molecule is C=CCC(CC(=O)OCC)NC(=O)CCC(=O)Nc1ccc(C(=N)N)cc1. The second kappa shape index (κ2) is 11.5. The van der Waals surface area contributed by atoms with E-state index in [1.165, 1.54) is 0 Å². The van der Waals surface area contributed by atoms with Crippen LogP contribution in [0.4, 0.5) is 5.69 Å². The van der Waals surface area contributed by atoms with Crippen molar-refractivity contribution in [1.82, 2.24) is 5.32 Å². The van der Waals surface area contributed by atoms with Crippen LogP contribution < -0.4 is 16.4 Å². The number of esters is 1. The maximum atomic E-state index is 12.0. The predicted octanol–water partition coefficient (Wildman–Crippen LogP) is 1.70. The number of nitrogens with two attached hydrogens (primary N) is 1. The quantitative estimate of drug-likeness (QED) is 0.202. The van der Waals surface area contributed by atoms with Crippen LogP contribution in [-0.4, -0.2) is 36.3 Å². The zero-order chi connectivity index (χ0) is 20.2. The van der Waals surface area contributed by atoms with Gasteiger partial charge in [-0.15, -0.1) is 6.58 Å². The molecular formula is C19H26N4O4. The highest BCUT2D eigenvalue weighted by atomic mass is 16.5. The Morgan fingerprint density at radius 1 is 1.22 bits per heavy atom. The Hall–Kier alpha value is -3.16. The maximum Gasteiger partial charge on any atom is 0.307 e. The lowest BCUT2D eigenvalue weighted by atomic mass is 10.1. The molecular weight excluding hydrogens is 348 g/mol. The molecule has 8 heteroatoms. The van der Waals surface area contributed by atoms with Gasteiger partial charge in [-0.1, -0.05) is 6.08 Å². The molecule has 0 radical (unpaired) electrons. The highest BCUT2D eigenvalue weighted by molar-refractivity contribution is 5.96. The molecule has 27 heavy (non-hydrogen) atoms. The third-order valence-corrected chi connectivity index (χ3v) is 3.59. The lowest BCUT2D eigenvalue weighted by Gasteiger charge is -2.16. The second-order valence-corrected chi connectivity index (χ2v) is 5.84. The lowest BCUT2D eigenvalue weighted by molar-refractivity contribution is -0.143. The molecule has 0 aliphatic carbocycles.